The van der Waals surface area contributed by atoms with E-state index < -0.39 is 19.8 Å². The van der Waals surface area contributed by atoms with Crippen LogP contribution in [0, 0.1) is 5.82 Å². The highest BCUT2D eigenvalue weighted by atomic mass is 35.7. The van der Waals surface area contributed by atoms with E-state index in [1.807, 2.05) is 0 Å². The minimum Gasteiger partial charge on any atom is -0.245 e. The molecule has 0 radical (unpaired) electrons. The summed E-state index contributed by atoms with van der Waals surface area (Å²) in [5, 5.41) is 0. The second-order valence-electron chi connectivity index (χ2n) is 2.52. The topological polar surface area (TPSA) is 47.0 Å². The molecule has 0 aliphatic heterocycles. The van der Waals surface area contributed by atoms with Crippen LogP contribution in [0.3, 0.4) is 0 Å². The van der Waals surface area contributed by atoms with Gasteiger partial charge in [-0.2, -0.15) is 0 Å². The van der Waals surface area contributed by atoms with Gasteiger partial charge in [0, 0.05) is 10.7 Å². The van der Waals surface area contributed by atoms with Gasteiger partial charge in [0.2, 0.25) is 0 Å². The van der Waals surface area contributed by atoms with Gasteiger partial charge in [-0.3, -0.25) is 0 Å². The molecule has 14 heavy (non-hydrogen) atoms. The number of aromatic nitrogens is 1. The summed E-state index contributed by atoms with van der Waals surface area (Å²) in [6.45, 7) is 0. The number of rotatable bonds is 1. The van der Waals surface area contributed by atoms with Crippen LogP contribution in [0.15, 0.2) is 22.5 Å². The Morgan fingerprint density at radius 2 is 2.14 bits per heavy atom. The SMILES string of the molecule is O=S(=O)(Cl)c1ccc2ncsc2c1F. The first kappa shape index (κ1) is 9.82. The molecule has 0 saturated heterocycles. The summed E-state index contributed by atoms with van der Waals surface area (Å²) in [6, 6.07) is 2.53. The zero-order valence-corrected chi connectivity index (χ0v) is 8.96. The van der Waals surface area contributed by atoms with Crippen molar-refractivity contribution in [1.29, 1.82) is 0 Å². The van der Waals surface area contributed by atoms with Gasteiger partial charge in [0.1, 0.15) is 4.90 Å². The Morgan fingerprint density at radius 3 is 2.79 bits per heavy atom. The van der Waals surface area contributed by atoms with Gasteiger partial charge in [0.05, 0.1) is 15.7 Å². The molecule has 1 aromatic heterocycles. The third-order valence-corrected chi connectivity index (χ3v) is 3.84. The summed E-state index contributed by atoms with van der Waals surface area (Å²) in [5.74, 6) is -0.833. The first-order chi connectivity index (χ1) is 6.50. The van der Waals surface area contributed by atoms with Crippen molar-refractivity contribution in [2.24, 2.45) is 0 Å². The van der Waals surface area contributed by atoms with Crippen molar-refractivity contribution in [3.05, 3.63) is 23.5 Å². The largest absolute Gasteiger partial charge is 0.264 e. The van der Waals surface area contributed by atoms with Gasteiger partial charge in [-0.05, 0) is 12.1 Å². The van der Waals surface area contributed by atoms with Crippen molar-refractivity contribution in [2.75, 3.05) is 0 Å². The highest BCUT2D eigenvalue weighted by Crippen LogP contribution is 2.28. The third-order valence-electron chi connectivity index (χ3n) is 1.67. The van der Waals surface area contributed by atoms with Crippen LogP contribution >= 0.6 is 22.0 Å². The average Bonchev–Trinajstić information content (AvgIpc) is 2.50. The van der Waals surface area contributed by atoms with Crippen molar-refractivity contribution in [3.63, 3.8) is 0 Å². The molecule has 2 aromatic rings. The quantitative estimate of drug-likeness (QED) is 0.731. The van der Waals surface area contributed by atoms with E-state index in [0.717, 1.165) is 17.4 Å². The second kappa shape index (κ2) is 3.15. The Labute approximate surface area is 87.6 Å². The highest BCUT2D eigenvalue weighted by molar-refractivity contribution is 8.13. The first-order valence-corrected chi connectivity index (χ1v) is 6.65. The number of halogens is 2. The van der Waals surface area contributed by atoms with Crippen LogP contribution in [0.2, 0.25) is 0 Å². The molecule has 7 heteroatoms. The van der Waals surface area contributed by atoms with Crippen LogP contribution < -0.4 is 0 Å². The van der Waals surface area contributed by atoms with E-state index in [9.17, 15) is 12.8 Å². The fourth-order valence-electron chi connectivity index (χ4n) is 1.07. The molecular weight excluding hydrogens is 249 g/mol. The van der Waals surface area contributed by atoms with E-state index in [0.29, 0.717) is 5.52 Å². The Balaban J connectivity index is 2.88. The molecule has 0 fully saturated rings. The molecule has 0 N–H and O–H groups in total. The molecule has 74 valence electrons. The zero-order chi connectivity index (χ0) is 10.3. The van der Waals surface area contributed by atoms with Gasteiger partial charge in [-0.25, -0.2) is 17.8 Å². The lowest BCUT2D eigenvalue weighted by Gasteiger charge is -1.98. The van der Waals surface area contributed by atoms with E-state index in [1.54, 1.807) is 0 Å². The van der Waals surface area contributed by atoms with Gasteiger partial charge in [-0.1, -0.05) is 0 Å². The molecule has 2 rings (SSSR count). The van der Waals surface area contributed by atoms with Crippen LogP contribution in [-0.2, 0) is 9.05 Å². The minimum atomic E-state index is -4.03. The van der Waals surface area contributed by atoms with E-state index in [1.165, 1.54) is 11.6 Å². The standard InChI is InChI=1S/C7H3ClFNO2S2/c8-14(11,12)5-2-1-4-7(6(5)9)13-3-10-4/h1-3H. The van der Waals surface area contributed by atoms with Gasteiger partial charge in [0.25, 0.3) is 9.05 Å². The Bertz CT molecular complexity index is 593. The van der Waals surface area contributed by atoms with E-state index in [2.05, 4.69) is 4.98 Å². The van der Waals surface area contributed by atoms with Crippen molar-refractivity contribution >= 4 is 41.3 Å². The van der Waals surface area contributed by atoms with E-state index >= 15 is 0 Å². The lowest BCUT2D eigenvalue weighted by molar-refractivity contribution is 0.583. The lowest BCUT2D eigenvalue weighted by Crippen LogP contribution is -1.94. The summed E-state index contributed by atoms with van der Waals surface area (Å²) in [7, 11) is 1.02. The summed E-state index contributed by atoms with van der Waals surface area (Å²) >= 11 is 1.04. The monoisotopic (exact) mass is 251 g/mol. The molecule has 1 aromatic carbocycles. The maximum atomic E-state index is 13.5. The molecule has 0 aliphatic rings. The summed E-state index contributed by atoms with van der Waals surface area (Å²) in [6.07, 6.45) is 0. The predicted octanol–water partition coefficient (Wildman–Crippen LogP) is 2.36. The number of hydrogen-bond donors (Lipinski definition) is 0. The Kier molecular flexibility index (Phi) is 2.21. The van der Waals surface area contributed by atoms with Crippen LogP contribution in [0.5, 0.6) is 0 Å². The van der Waals surface area contributed by atoms with Crippen molar-refractivity contribution in [3.8, 4) is 0 Å². The number of benzene rings is 1. The molecule has 0 bridgehead atoms. The number of hydrogen-bond acceptors (Lipinski definition) is 4. The van der Waals surface area contributed by atoms with Gasteiger partial charge >= 0.3 is 0 Å². The number of thiazole rings is 1. The molecule has 0 saturated carbocycles. The molecule has 0 aliphatic carbocycles. The molecule has 1 heterocycles. The van der Waals surface area contributed by atoms with E-state index in [4.69, 9.17) is 10.7 Å². The number of fused-ring (bicyclic) bond motifs is 1. The maximum absolute atomic E-state index is 13.5. The summed E-state index contributed by atoms with van der Waals surface area (Å²) in [4.78, 5) is 3.34. The van der Waals surface area contributed by atoms with Gasteiger partial charge in [-0.15, -0.1) is 11.3 Å². The zero-order valence-electron chi connectivity index (χ0n) is 6.57. The van der Waals surface area contributed by atoms with Crippen LogP contribution in [0.25, 0.3) is 10.2 Å². The van der Waals surface area contributed by atoms with Crippen LogP contribution in [0.4, 0.5) is 4.39 Å². The Hall–Kier alpha value is -0.720. The normalized spacial score (nSPS) is 12.1. The molecule has 3 nitrogen and oxygen atoms in total. The fourth-order valence-corrected chi connectivity index (χ4v) is 2.76. The van der Waals surface area contributed by atoms with Gasteiger partial charge in [0.15, 0.2) is 5.82 Å². The first-order valence-electron chi connectivity index (χ1n) is 3.46. The molecular formula is C7H3ClFNO2S2. The van der Waals surface area contributed by atoms with Crippen LogP contribution in [0.1, 0.15) is 0 Å². The molecule has 0 amide bonds. The molecule has 0 spiro atoms. The van der Waals surface area contributed by atoms with Gasteiger partial charge < -0.3 is 0 Å². The smallest absolute Gasteiger partial charge is 0.245 e. The highest BCUT2D eigenvalue weighted by Gasteiger charge is 2.19. The summed E-state index contributed by atoms with van der Waals surface area (Å²) < 4.78 is 35.6. The third kappa shape index (κ3) is 1.49. The molecule has 0 atom stereocenters. The second-order valence-corrected chi connectivity index (χ2v) is 5.91. The maximum Gasteiger partial charge on any atom is 0.264 e. The number of nitrogens with zero attached hydrogens (tertiary/aromatic N) is 1. The van der Waals surface area contributed by atoms with E-state index in [-0.39, 0.29) is 4.70 Å². The Morgan fingerprint density at radius 1 is 1.43 bits per heavy atom. The van der Waals surface area contributed by atoms with Crippen LogP contribution in [-0.4, -0.2) is 13.4 Å². The van der Waals surface area contributed by atoms with Crippen molar-refractivity contribution in [2.45, 2.75) is 4.90 Å². The van der Waals surface area contributed by atoms with Crippen molar-refractivity contribution in [1.82, 2.24) is 4.98 Å². The summed E-state index contributed by atoms with van der Waals surface area (Å²) in [5.41, 5.74) is 1.87. The van der Waals surface area contributed by atoms with Crippen molar-refractivity contribution < 1.29 is 12.8 Å². The lowest BCUT2D eigenvalue weighted by atomic mass is 10.3. The predicted molar refractivity (Wildman–Crippen MR) is 52.6 cm³/mol. The fraction of sp³-hybridized carbons (Fsp3) is 0. The minimum absolute atomic E-state index is 0.201. The average molecular weight is 252 g/mol. The molecule has 0 unspecified atom stereocenters.